The van der Waals surface area contributed by atoms with Gasteiger partial charge in [-0.15, -0.1) is 0 Å². The Morgan fingerprint density at radius 2 is 1.80 bits per heavy atom. The Morgan fingerprint density at radius 3 is 2.60 bits per heavy atom. The summed E-state index contributed by atoms with van der Waals surface area (Å²) in [6.45, 7) is -0.242. The number of benzene rings is 2. The van der Waals surface area contributed by atoms with E-state index in [1.54, 1.807) is 30.5 Å². The minimum Gasteiger partial charge on any atom is -0.464 e. The van der Waals surface area contributed by atoms with Crippen molar-refractivity contribution in [2.75, 3.05) is 6.61 Å². The van der Waals surface area contributed by atoms with E-state index in [1.165, 1.54) is 17.5 Å². The molecule has 3 aromatic rings. The number of carbonyl (C=O) groups is 2. The molecule has 4 heteroatoms. The summed E-state index contributed by atoms with van der Waals surface area (Å²) in [6.07, 6.45) is 5.05. The number of ether oxygens (including phenoxy) is 1. The fourth-order valence-electron chi connectivity index (χ4n) is 3.34. The van der Waals surface area contributed by atoms with Gasteiger partial charge in [-0.3, -0.25) is 9.59 Å². The molecule has 1 aromatic heterocycles. The van der Waals surface area contributed by atoms with E-state index in [9.17, 15) is 9.59 Å². The van der Waals surface area contributed by atoms with Gasteiger partial charge in [-0.25, -0.2) is 0 Å². The molecular formula is C21H18O4. The molecule has 0 saturated heterocycles. The Hall–Kier alpha value is -2.88. The Kier molecular flexibility index (Phi) is 4.10. The maximum atomic E-state index is 12.1. The van der Waals surface area contributed by atoms with E-state index >= 15 is 0 Å². The molecule has 0 amide bonds. The summed E-state index contributed by atoms with van der Waals surface area (Å²) in [6, 6.07) is 13.0. The number of carbonyl (C=O) groups excluding carboxylic acids is 2. The second kappa shape index (κ2) is 6.55. The van der Waals surface area contributed by atoms with E-state index in [4.69, 9.17) is 9.15 Å². The molecule has 0 bridgehead atoms. The first kappa shape index (κ1) is 15.6. The van der Waals surface area contributed by atoms with Crippen molar-refractivity contribution in [2.45, 2.75) is 25.7 Å². The first-order valence-electron chi connectivity index (χ1n) is 8.46. The number of ketones is 1. The molecule has 0 spiro atoms. The summed E-state index contributed by atoms with van der Waals surface area (Å²) in [4.78, 5) is 24.1. The highest BCUT2D eigenvalue weighted by Gasteiger charge is 2.17. The highest BCUT2D eigenvalue weighted by molar-refractivity contribution is 5.98. The minimum atomic E-state index is -0.424. The van der Waals surface area contributed by atoms with Crippen LogP contribution in [0.5, 0.6) is 0 Å². The molecule has 25 heavy (non-hydrogen) atoms. The average molecular weight is 334 g/mol. The lowest BCUT2D eigenvalue weighted by Crippen LogP contribution is -2.15. The lowest BCUT2D eigenvalue weighted by Gasteiger charge is -2.04. The van der Waals surface area contributed by atoms with Gasteiger partial charge in [0, 0.05) is 16.5 Å². The van der Waals surface area contributed by atoms with Crippen molar-refractivity contribution in [3.63, 3.8) is 0 Å². The van der Waals surface area contributed by atoms with Gasteiger partial charge in [-0.2, -0.15) is 0 Å². The summed E-state index contributed by atoms with van der Waals surface area (Å²) in [7, 11) is 0. The third-order valence-corrected chi connectivity index (χ3v) is 4.66. The van der Waals surface area contributed by atoms with Crippen LogP contribution >= 0.6 is 0 Å². The largest absolute Gasteiger partial charge is 0.464 e. The van der Waals surface area contributed by atoms with Gasteiger partial charge in [0.15, 0.2) is 12.4 Å². The van der Waals surface area contributed by atoms with Gasteiger partial charge < -0.3 is 9.15 Å². The lowest BCUT2D eigenvalue weighted by molar-refractivity contribution is -0.141. The highest BCUT2D eigenvalue weighted by atomic mass is 16.5. The summed E-state index contributed by atoms with van der Waals surface area (Å²) >= 11 is 0. The van der Waals surface area contributed by atoms with Gasteiger partial charge in [0.2, 0.25) is 0 Å². The molecule has 1 aliphatic rings. The number of Topliss-reactive ketones (excluding diaryl/α,β-unsaturated/α-hetero) is 1. The Balaban J connectivity index is 1.43. The van der Waals surface area contributed by atoms with Crippen LogP contribution in [0.3, 0.4) is 0 Å². The fraction of sp³-hybridized carbons (Fsp3) is 0.238. The van der Waals surface area contributed by atoms with Crippen LogP contribution in [0.25, 0.3) is 11.0 Å². The van der Waals surface area contributed by atoms with Gasteiger partial charge in [-0.1, -0.05) is 30.3 Å². The number of hydrogen-bond acceptors (Lipinski definition) is 4. The average Bonchev–Trinajstić information content (AvgIpc) is 3.25. The van der Waals surface area contributed by atoms with Crippen LogP contribution in [-0.4, -0.2) is 18.4 Å². The molecule has 0 radical (unpaired) electrons. The number of hydrogen-bond donors (Lipinski definition) is 0. The van der Waals surface area contributed by atoms with E-state index < -0.39 is 5.97 Å². The van der Waals surface area contributed by atoms with Crippen molar-refractivity contribution in [3.8, 4) is 0 Å². The Bertz CT molecular complexity index is 937. The van der Waals surface area contributed by atoms with Crippen LogP contribution < -0.4 is 0 Å². The van der Waals surface area contributed by atoms with Gasteiger partial charge >= 0.3 is 5.97 Å². The van der Waals surface area contributed by atoms with Crippen LogP contribution in [0.2, 0.25) is 0 Å². The molecule has 0 saturated carbocycles. The Morgan fingerprint density at radius 1 is 1.04 bits per heavy atom. The van der Waals surface area contributed by atoms with Gasteiger partial charge in [0.05, 0.1) is 12.7 Å². The van der Waals surface area contributed by atoms with E-state index in [0.29, 0.717) is 5.56 Å². The molecule has 4 rings (SSSR count). The zero-order valence-electron chi connectivity index (χ0n) is 13.8. The van der Waals surface area contributed by atoms with Crippen LogP contribution in [0.1, 0.15) is 33.5 Å². The van der Waals surface area contributed by atoms with Gasteiger partial charge in [0.25, 0.3) is 0 Å². The van der Waals surface area contributed by atoms with Crippen molar-refractivity contribution in [2.24, 2.45) is 0 Å². The van der Waals surface area contributed by atoms with E-state index in [1.807, 2.05) is 6.07 Å². The maximum Gasteiger partial charge on any atom is 0.310 e. The standard InChI is InChI=1S/C21H18O4/c22-19(14-5-2-1-3-6-14)13-25-21(23)11-17-12-24-20-10-16-8-4-7-15(16)9-18(17)20/h1-3,5-6,9-10,12H,4,7-8,11,13H2. The molecular weight excluding hydrogens is 316 g/mol. The summed E-state index contributed by atoms with van der Waals surface area (Å²) < 4.78 is 10.7. The topological polar surface area (TPSA) is 56.5 Å². The number of furan rings is 1. The quantitative estimate of drug-likeness (QED) is 0.525. The molecule has 1 heterocycles. The van der Waals surface area contributed by atoms with E-state index in [0.717, 1.165) is 29.4 Å². The predicted molar refractivity (Wildman–Crippen MR) is 93.7 cm³/mol. The smallest absolute Gasteiger partial charge is 0.310 e. The second-order valence-electron chi connectivity index (χ2n) is 6.36. The van der Waals surface area contributed by atoms with Crippen LogP contribution in [-0.2, 0) is 28.8 Å². The van der Waals surface area contributed by atoms with Crippen LogP contribution in [0.15, 0.2) is 53.1 Å². The molecule has 2 aromatic carbocycles. The summed E-state index contributed by atoms with van der Waals surface area (Å²) in [5.41, 5.74) is 4.83. The zero-order valence-corrected chi connectivity index (χ0v) is 13.8. The van der Waals surface area contributed by atoms with Crippen molar-refractivity contribution in [1.29, 1.82) is 0 Å². The molecule has 4 nitrogen and oxygen atoms in total. The summed E-state index contributed by atoms with van der Waals surface area (Å²) in [5.74, 6) is -0.628. The number of esters is 1. The minimum absolute atomic E-state index is 0.105. The maximum absolute atomic E-state index is 12.1. The fourth-order valence-corrected chi connectivity index (χ4v) is 3.34. The lowest BCUT2D eigenvalue weighted by atomic mass is 10.0. The molecule has 0 unspecified atom stereocenters. The van der Waals surface area contributed by atoms with Crippen molar-refractivity contribution < 1.29 is 18.7 Å². The number of fused-ring (bicyclic) bond motifs is 2. The van der Waals surface area contributed by atoms with Crippen molar-refractivity contribution in [3.05, 3.63) is 71.0 Å². The SMILES string of the molecule is O=C(Cc1coc2cc3c(cc12)CCC3)OCC(=O)c1ccccc1. The highest BCUT2D eigenvalue weighted by Crippen LogP contribution is 2.30. The normalized spacial score (nSPS) is 13.0. The third kappa shape index (κ3) is 3.20. The molecule has 0 fully saturated rings. The molecule has 1 aliphatic carbocycles. The van der Waals surface area contributed by atoms with Gasteiger partial charge in [0.1, 0.15) is 5.58 Å². The number of aryl methyl sites for hydroxylation is 2. The summed E-state index contributed by atoms with van der Waals surface area (Å²) in [5, 5.41) is 0.965. The molecule has 0 N–H and O–H groups in total. The van der Waals surface area contributed by atoms with Crippen LogP contribution in [0.4, 0.5) is 0 Å². The molecule has 126 valence electrons. The molecule has 0 atom stereocenters. The second-order valence-corrected chi connectivity index (χ2v) is 6.36. The van der Waals surface area contributed by atoms with Crippen molar-refractivity contribution in [1.82, 2.24) is 0 Å². The molecule has 0 aliphatic heterocycles. The third-order valence-electron chi connectivity index (χ3n) is 4.66. The first-order chi connectivity index (χ1) is 12.2. The Labute approximate surface area is 145 Å². The number of rotatable bonds is 5. The monoisotopic (exact) mass is 334 g/mol. The van der Waals surface area contributed by atoms with E-state index in [2.05, 4.69) is 12.1 Å². The van der Waals surface area contributed by atoms with Crippen LogP contribution in [0, 0.1) is 0 Å². The van der Waals surface area contributed by atoms with Crippen molar-refractivity contribution >= 4 is 22.7 Å². The van der Waals surface area contributed by atoms with Gasteiger partial charge in [-0.05, 0) is 42.5 Å². The first-order valence-corrected chi connectivity index (χ1v) is 8.46. The zero-order chi connectivity index (χ0) is 17.2. The van der Waals surface area contributed by atoms with E-state index in [-0.39, 0.29) is 18.8 Å². The predicted octanol–water partition coefficient (Wildman–Crippen LogP) is 3.89.